The summed E-state index contributed by atoms with van der Waals surface area (Å²) in [5, 5.41) is 10.8. The number of hydrogen-bond acceptors (Lipinski definition) is 4. The van der Waals surface area contributed by atoms with Crippen molar-refractivity contribution in [3.05, 3.63) is 40.7 Å². The summed E-state index contributed by atoms with van der Waals surface area (Å²) in [6.45, 7) is 1.78. The average Bonchev–Trinajstić information content (AvgIpc) is 2.46. The van der Waals surface area contributed by atoms with Crippen LogP contribution in [-0.4, -0.2) is 45.3 Å². The molecule has 2 heterocycles. The first-order valence-corrected chi connectivity index (χ1v) is 7.02. The molecule has 1 aliphatic rings. The molecule has 1 N–H and O–H groups in total. The minimum absolute atomic E-state index is 0.194. The van der Waals surface area contributed by atoms with E-state index in [0.29, 0.717) is 18.4 Å². The minimum atomic E-state index is -0.904. The fraction of sp³-hybridized carbons (Fsp3) is 0.467. The van der Waals surface area contributed by atoms with Crippen molar-refractivity contribution in [1.29, 1.82) is 0 Å². The highest BCUT2D eigenvalue weighted by Crippen LogP contribution is 2.23. The van der Waals surface area contributed by atoms with E-state index >= 15 is 0 Å². The number of aromatic nitrogens is 2. The van der Waals surface area contributed by atoms with Crippen molar-refractivity contribution in [3.63, 3.8) is 0 Å². The number of rotatable bonds is 2. The molecule has 0 radical (unpaired) electrons. The molecule has 0 amide bonds. The van der Waals surface area contributed by atoms with Crippen LogP contribution in [0, 0.1) is 5.82 Å². The van der Waals surface area contributed by atoms with E-state index in [2.05, 4.69) is 9.88 Å². The number of fused-ring (bicyclic) bond motifs is 1. The lowest BCUT2D eigenvalue weighted by Gasteiger charge is -2.36. The van der Waals surface area contributed by atoms with Gasteiger partial charge in [0.2, 0.25) is 0 Å². The highest BCUT2D eigenvalue weighted by molar-refractivity contribution is 5.77. The second-order valence-electron chi connectivity index (χ2n) is 5.87. The second kappa shape index (κ2) is 5.20. The zero-order valence-electron chi connectivity index (χ0n) is 11.9. The molecular formula is C15H18FN3O2. The third kappa shape index (κ3) is 2.82. The van der Waals surface area contributed by atoms with Crippen LogP contribution in [0.2, 0.25) is 0 Å². The molecule has 1 fully saturated rings. The summed E-state index contributed by atoms with van der Waals surface area (Å²) in [6.07, 6.45) is 2.65. The summed E-state index contributed by atoms with van der Waals surface area (Å²) in [7, 11) is 2.01. The molecule has 1 aromatic heterocycles. The Bertz CT molecular complexity index is 720. The maximum atomic E-state index is 13.3. The maximum absolute atomic E-state index is 13.3. The molecule has 1 aliphatic heterocycles. The third-order valence-electron chi connectivity index (χ3n) is 4.17. The van der Waals surface area contributed by atoms with Gasteiger partial charge >= 0.3 is 0 Å². The normalized spacial score (nSPS) is 19.0. The lowest BCUT2D eigenvalue weighted by Crippen LogP contribution is -2.47. The number of nitrogens with zero attached hydrogens (tertiary/aromatic N) is 3. The summed E-state index contributed by atoms with van der Waals surface area (Å²) in [5.41, 5.74) is -0.751. The first kappa shape index (κ1) is 14.2. The van der Waals surface area contributed by atoms with Gasteiger partial charge in [-0.15, -0.1) is 0 Å². The van der Waals surface area contributed by atoms with Crippen LogP contribution in [0.25, 0.3) is 10.9 Å². The van der Waals surface area contributed by atoms with Crippen LogP contribution < -0.4 is 5.56 Å². The fourth-order valence-electron chi connectivity index (χ4n) is 2.75. The molecule has 0 unspecified atom stereocenters. The summed E-state index contributed by atoms with van der Waals surface area (Å²) >= 11 is 0. The van der Waals surface area contributed by atoms with Gasteiger partial charge in [0.25, 0.3) is 5.56 Å². The van der Waals surface area contributed by atoms with E-state index in [1.807, 2.05) is 7.05 Å². The van der Waals surface area contributed by atoms with Crippen LogP contribution in [0.15, 0.2) is 29.3 Å². The smallest absolute Gasteiger partial charge is 0.261 e. The monoisotopic (exact) mass is 291 g/mol. The van der Waals surface area contributed by atoms with Crippen molar-refractivity contribution in [2.45, 2.75) is 25.0 Å². The molecule has 1 saturated heterocycles. The quantitative estimate of drug-likeness (QED) is 0.896. The Morgan fingerprint density at radius 3 is 2.81 bits per heavy atom. The maximum Gasteiger partial charge on any atom is 0.261 e. The molecule has 0 bridgehead atoms. The molecule has 0 atom stereocenters. The van der Waals surface area contributed by atoms with E-state index < -0.39 is 11.4 Å². The Balaban J connectivity index is 1.94. The molecule has 2 aromatic rings. The lowest BCUT2D eigenvalue weighted by atomic mass is 9.91. The van der Waals surface area contributed by atoms with Gasteiger partial charge < -0.3 is 10.0 Å². The van der Waals surface area contributed by atoms with Gasteiger partial charge in [0.05, 0.1) is 29.4 Å². The summed E-state index contributed by atoms with van der Waals surface area (Å²) < 4.78 is 14.7. The molecule has 1 aromatic carbocycles. The van der Waals surface area contributed by atoms with E-state index in [-0.39, 0.29) is 17.5 Å². The number of hydrogen-bond donors (Lipinski definition) is 1. The number of halogens is 1. The van der Waals surface area contributed by atoms with E-state index in [1.165, 1.54) is 29.1 Å². The Hall–Kier alpha value is -1.79. The molecular weight excluding hydrogens is 273 g/mol. The largest absolute Gasteiger partial charge is 0.388 e. The van der Waals surface area contributed by atoms with Crippen molar-refractivity contribution in [2.75, 3.05) is 20.1 Å². The van der Waals surface area contributed by atoms with Crippen molar-refractivity contribution in [2.24, 2.45) is 0 Å². The molecule has 0 spiro atoms. The summed E-state index contributed by atoms with van der Waals surface area (Å²) in [6, 6.07) is 3.96. The highest BCUT2D eigenvalue weighted by atomic mass is 19.1. The first-order valence-electron chi connectivity index (χ1n) is 7.02. The van der Waals surface area contributed by atoms with Gasteiger partial charge in [-0.25, -0.2) is 9.37 Å². The molecule has 3 rings (SSSR count). The van der Waals surface area contributed by atoms with Crippen molar-refractivity contribution < 1.29 is 9.50 Å². The SMILES string of the molecule is CN1CCC(O)(Cn2cnc3ccc(F)cc3c2=O)CC1. The van der Waals surface area contributed by atoms with Gasteiger partial charge in [-0.1, -0.05) is 0 Å². The number of piperidine rings is 1. The topological polar surface area (TPSA) is 58.4 Å². The molecule has 112 valence electrons. The zero-order chi connectivity index (χ0) is 15.0. The van der Waals surface area contributed by atoms with Gasteiger partial charge in [0.15, 0.2) is 0 Å². The average molecular weight is 291 g/mol. The van der Waals surface area contributed by atoms with Gasteiger partial charge in [-0.3, -0.25) is 9.36 Å². The number of aliphatic hydroxyl groups is 1. The zero-order valence-corrected chi connectivity index (χ0v) is 11.9. The molecule has 21 heavy (non-hydrogen) atoms. The Labute approximate surface area is 121 Å². The Kier molecular flexibility index (Phi) is 3.51. The van der Waals surface area contributed by atoms with Crippen LogP contribution in [0.3, 0.4) is 0 Å². The molecule has 5 nitrogen and oxygen atoms in total. The van der Waals surface area contributed by atoms with Gasteiger partial charge in [-0.05, 0) is 38.1 Å². The summed E-state index contributed by atoms with van der Waals surface area (Å²) in [5.74, 6) is -0.461. The molecule has 0 saturated carbocycles. The Morgan fingerprint density at radius 2 is 2.10 bits per heavy atom. The van der Waals surface area contributed by atoms with E-state index in [0.717, 1.165) is 13.1 Å². The van der Waals surface area contributed by atoms with Crippen LogP contribution >= 0.6 is 0 Å². The van der Waals surface area contributed by atoms with Crippen LogP contribution in [-0.2, 0) is 6.54 Å². The number of benzene rings is 1. The fourth-order valence-corrected chi connectivity index (χ4v) is 2.75. The number of likely N-dealkylation sites (tertiary alicyclic amines) is 1. The minimum Gasteiger partial charge on any atom is -0.388 e. The summed E-state index contributed by atoms with van der Waals surface area (Å²) in [4.78, 5) is 18.7. The van der Waals surface area contributed by atoms with Crippen molar-refractivity contribution >= 4 is 10.9 Å². The van der Waals surface area contributed by atoms with Crippen LogP contribution in [0.5, 0.6) is 0 Å². The van der Waals surface area contributed by atoms with E-state index in [9.17, 15) is 14.3 Å². The van der Waals surface area contributed by atoms with Gasteiger partial charge in [-0.2, -0.15) is 0 Å². The lowest BCUT2D eigenvalue weighted by molar-refractivity contribution is -0.0298. The van der Waals surface area contributed by atoms with Crippen LogP contribution in [0.1, 0.15) is 12.8 Å². The standard InChI is InChI=1S/C15H18FN3O2/c1-18-6-4-15(21,5-7-18)9-19-10-17-13-3-2-11(16)8-12(13)14(19)20/h2-3,8,10,21H,4-7,9H2,1H3. The van der Waals surface area contributed by atoms with E-state index in [4.69, 9.17) is 0 Å². The van der Waals surface area contributed by atoms with Crippen LogP contribution in [0.4, 0.5) is 4.39 Å². The first-order chi connectivity index (χ1) is 9.97. The second-order valence-corrected chi connectivity index (χ2v) is 5.87. The third-order valence-corrected chi connectivity index (χ3v) is 4.17. The van der Waals surface area contributed by atoms with Crippen molar-refractivity contribution in [1.82, 2.24) is 14.5 Å². The van der Waals surface area contributed by atoms with E-state index in [1.54, 1.807) is 0 Å². The van der Waals surface area contributed by atoms with Gasteiger partial charge in [0.1, 0.15) is 5.82 Å². The Morgan fingerprint density at radius 1 is 1.38 bits per heavy atom. The van der Waals surface area contributed by atoms with Crippen molar-refractivity contribution in [3.8, 4) is 0 Å². The predicted octanol–water partition coefficient (Wildman–Crippen LogP) is 0.992. The predicted molar refractivity (Wildman–Crippen MR) is 77.6 cm³/mol. The molecule has 0 aliphatic carbocycles. The molecule has 6 heteroatoms. The highest BCUT2D eigenvalue weighted by Gasteiger charge is 2.32. The van der Waals surface area contributed by atoms with Gasteiger partial charge in [0, 0.05) is 13.1 Å².